The van der Waals surface area contributed by atoms with Gasteiger partial charge in [-0.25, -0.2) is 4.98 Å². The summed E-state index contributed by atoms with van der Waals surface area (Å²) in [6, 6.07) is 53.6. The fourth-order valence-electron chi connectivity index (χ4n) is 8.62. The van der Waals surface area contributed by atoms with E-state index in [0.29, 0.717) is 50.4 Å². The second-order valence-electron chi connectivity index (χ2n) is 17.8. The van der Waals surface area contributed by atoms with Crippen LogP contribution in [0.15, 0.2) is 170 Å². The van der Waals surface area contributed by atoms with Gasteiger partial charge < -0.3 is 5.11 Å². The van der Waals surface area contributed by atoms with Crippen LogP contribution in [0.25, 0.3) is 83.9 Å². The Bertz CT molecular complexity index is 3300. The highest BCUT2D eigenvalue weighted by atomic mass is 16.3. The number of aromatic nitrogens is 3. The molecular formula is C59H55N3O. The van der Waals surface area contributed by atoms with Gasteiger partial charge in [0.15, 0.2) is 0 Å². The van der Waals surface area contributed by atoms with Crippen molar-refractivity contribution < 1.29 is 12.0 Å². The molecule has 0 radical (unpaired) electrons. The maximum atomic E-state index is 11.4. The van der Waals surface area contributed by atoms with Gasteiger partial charge in [-0.3, -0.25) is 9.55 Å². The Kier molecular flexibility index (Phi) is 9.41. The van der Waals surface area contributed by atoms with E-state index in [9.17, 15) is 5.11 Å². The number of aromatic hydroxyl groups is 1. The van der Waals surface area contributed by atoms with Gasteiger partial charge in [0.2, 0.25) is 0 Å². The zero-order valence-corrected chi connectivity index (χ0v) is 37.0. The van der Waals surface area contributed by atoms with Gasteiger partial charge in [0.25, 0.3) is 0 Å². The highest BCUT2D eigenvalue weighted by Gasteiger charge is 2.24. The molecule has 0 saturated heterocycles. The molecule has 0 atom stereocenters. The third kappa shape index (κ3) is 7.98. The number of hydrogen-bond acceptors (Lipinski definition) is 3. The van der Waals surface area contributed by atoms with Gasteiger partial charge in [-0.2, -0.15) is 0 Å². The molecule has 0 bridgehead atoms. The van der Waals surface area contributed by atoms with Crippen LogP contribution in [0.1, 0.15) is 89.4 Å². The number of phenols is 1. The standard InChI is InChI=1S/C59H55N3O/c1-37(2)48-19-14-20-49(38(3)4)56(48)44-28-29-53(39(5)32-44)62-54-22-15-21-50(57(54)61-58(62)51-18-12-13-23-55(51)63)45-33-46(35-47(34-45)59(6,7)8)52-36-43(30-31-60-52)42-26-24-41(25-27-42)40-16-10-9-11-17-40/h9-38,63H,1-8H3/i5D3,37D,38D. The normalized spacial score (nSPS) is 13.5. The van der Waals surface area contributed by atoms with E-state index in [0.717, 1.165) is 44.6 Å². The van der Waals surface area contributed by atoms with Crippen LogP contribution in [-0.2, 0) is 5.41 Å². The van der Waals surface area contributed by atoms with Crippen molar-refractivity contribution >= 4 is 11.0 Å². The third-order valence-electron chi connectivity index (χ3n) is 12.0. The zero-order valence-electron chi connectivity index (χ0n) is 42.0. The number of para-hydroxylation sites is 2. The first-order chi connectivity index (χ1) is 32.2. The van der Waals surface area contributed by atoms with E-state index in [2.05, 4.69) is 81.4 Å². The zero-order chi connectivity index (χ0) is 48.3. The van der Waals surface area contributed by atoms with E-state index in [4.69, 9.17) is 16.8 Å². The largest absolute Gasteiger partial charge is 0.507 e. The summed E-state index contributed by atoms with van der Waals surface area (Å²) in [7, 11) is 0. The number of imidazole rings is 1. The van der Waals surface area contributed by atoms with E-state index in [-0.39, 0.29) is 16.7 Å². The summed E-state index contributed by atoms with van der Waals surface area (Å²) in [6.45, 7) is 11.2. The summed E-state index contributed by atoms with van der Waals surface area (Å²) in [5, 5.41) is 11.4. The maximum absolute atomic E-state index is 11.4. The highest BCUT2D eigenvalue weighted by molar-refractivity contribution is 5.97. The lowest BCUT2D eigenvalue weighted by molar-refractivity contribution is 0.477. The van der Waals surface area contributed by atoms with E-state index < -0.39 is 18.6 Å². The van der Waals surface area contributed by atoms with Crippen molar-refractivity contribution in [2.45, 2.75) is 72.5 Å². The summed E-state index contributed by atoms with van der Waals surface area (Å²) in [6.07, 6.45) is 1.86. The minimum Gasteiger partial charge on any atom is -0.507 e. The first-order valence-corrected chi connectivity index (χ1v) is 21.5. The second-order valence-corrected chi connectivity index (χ2v) is 17.8. The molecule has 0 aliphatic heterocycles. The minimum atomic E-state index is -2.60. The van der Waals surface area contributed by atoms with Crippen molar-refractivity contribution in [3.63, 3.8) is 0 Å². The fraction of sp³-hybridized carbons (Fsp3) is 0.186. The Labute approximate surface area is 379 Å². The van der Waals surface area contributed by atoms with Gasteiger partial charge in [0.1, 0.15) is 11.6 Å². The van der Waals surface area contributed by atoms with Crippen LogP contribution in [0.5, 0.6) is 5.75 Å². The van der Waals surface area contributed by atoms with Gasteiger partial charge >= 0.3 is 0 Å². The third-order valence-corrected chi connectivity index (χ3v) is 12.0. The van der Waals surface area contributed by atoms with Crippen LogP contribution in [-0.4, -0.2) is 19.6 Å². The summed E-state index contributed by atoms with van der Waals surface area (Å²) in [4.78, 5) is 10.2. The molecule has 1 N–H and O–H groups in total. The Hall–Kier alpha value is -7.04. The van der Waals surface area contributed by atoms with E-state index in [1.165, 1.54) is 5.56 Å². The lowest BCUT2D eigenvalue weighted by Crippen LogP contribution is -2.11. The molecule has 0 fully saturated rings. The quantitative estimate of drug-likeness (QED) is 0.158. The van der Waals surface area contributed by atoms with Crippen LogP contribution in [0.3, 0.4) is 0 Å². The molecule has 2 aromatic heterocycles. The van der Waals surface area contributed by atoms with Crippen LogP contribution >= 0.6 is 0 Å². The first-order valence-electron chi connectivity index (χ1n) is 24.0. The van der Waals surface area contributed by atoms with Crippen molar-refractivity contribution in [3.05, 3.63) is 192 Å². The molecule has 0 unspecified atom stereocenters. The maximum Gasteiger partial charge on any atom is 0.149 e. The van der Waals surface area contributed by atoms with Crippen LogP contribution in [0, 0.1) is 6.85 Å². The van der Waals surface area contributed by atoms with Gasteiger partial charge in [0, 0.05) is 24.2 Å². The predicted molar refractivity (Wildman–Crippen MR) is 265 cm³/mol. The Morgan fingerprint density at radius 1 is 0.571 bits per heavy atom. The molecule has 9 aromatic rings. The average Bonchev–Trinajstić information content (AvgIpc) is 3.70. The number of pyridine rings is 1. The van der Waals surface area contributed by atoms with Crippen molar-refractivity contribution in [1.29, 1.82) is 0 Å². The number of benzene rings is 7. The second kappa shape index (κ2) is 16.7. The summed E-state index contributed by atoms with van der Waals surface area (Å²) in [5.74, 6) is -1.70. The number of hydrogen-bond donors (Lipinski definition) is 1. The van der Waals surface area contributed by atoms with Crippen LogP contribution in [0.2, 0.25) is 0 Å². The molecule has 0 spiro atoms. The Balaban J connectivity index is 1.24. The lowest BCUT2D eigenvalue weighted by atomic mass is 9.83. The van der Waals surface area contributed by atoms with E-state index >= 15 is 0 Å². The number of nitrogens with zero attached hydrogens (tertiary/aromatic N) is 3. The molecule has 4 heteroatoms. The van der Waals surface area contributed by atoms with Gasteiger partial charge in [-0.05, 0) is 140 Å². The molecule has 312 valence electrons. The first kappa shape index (κ1) is 35.5. The van der Waals surface area contributed by atoms with E-state index in [1.54, 1.807) is 58.0 Å². The number of phenolic OH excluding ortho intramolecular Hbond substituents is 1. The SMILES string of the molecule is [2H]C([2H])([2H])c1cc(-c2c(C([2H])(C)C)cccc2C([2H])(C)C)ccc1-n1c(-c2ccccc2O)nc2c(-c3cc(-c4cc(-c5ccc(-c6ccccc6)cc5)ccn4)cc(C(C)(C)C)c3)cccc21. The molecule has 7 aromatic carbocycles. The van der Waals surface area contributed by atoms with Crippen molar-refractivity contribution in [2.24, 2.45) is 0 Å². The minimum absolute atomic E-state index is 0.00395. The number of rotatable bonds is 9. The average molecular weight is 827 g/mol. The van der Waals surface area contributed by atoms with Crippen molar-refractivity contribution in [3.8, 4) is 78.6 Å². The molecular weight excluding hydrogens is 767 g/mol. The summed E-state index contributed by atoms with van der Waals surface area (Å²) in [5.41, 5.74) is 13.7. The van der Waals surface area contributed by atoms with E-state index in [1.807, 2.05) is 83.6 Å². The Morgan fingerprint density at radius 3 is 1.87 bits per heavy atom. The van der Waals surface area contributed by atoms with Crippen molar-refractivity contribution in [2.75, 3.05) is 0 Å². The fourth-order valence-corrected chi connectivity index (χ4v) is 8.62. The summed E-state index contributed by atoms with van der Waals surface area (Å²) >= 11 is 0. The van der Waals surface area contributed by atoms with Crippen LogP contribution < -0.4 is 0 Å². The van der Waals surface area contributed by atoms with Gasteiger partial charge in [-0.15, -0.1) is 0 Å². The van der Waals surface area contributed by atoms with Crippen LogP contribution in [0.4, 0.5) is 0 Å². The smallest absolute Gasteiger partial charge is 0.149 e. The topological polar surface area (TPSA) is 50.9 Å². The number of aryl methyl sites for hydroxylation is 1. The molecule has 63 heavy (non-hydrogen) atoms. The molecule has 0 saturated carbocycles. The molecule has 0 aliphatic carbocycles. The molecule has 0 aliphatic rings. The highest BCUT2D eigenvalue weighted by Crippen LogP contribution is 2.42. The molecule has 0 amide bonds. The Morgan fingerprint density at radius 2 is 1.19 bits per heavy atom. The lowest BCUT2D eigenvalue weighted by Gasteiger charge is -2.22. The molecule has 9 rings (SSSR count). The van der Waals surface area contributed by atoms with Crippen molar-refractivity contribution in [1.82, 2.24) is 14.5 Å². The molecule has 2 heterocycles. The predicted octanol–water partition coefficient (Wildman–Crippen LogP) is 16.0. The summed E-state index contributed by atoms with van der Waals surface area (Å²) < 4.78 is 47.0. The number of fused-ring (bicyclic) bond motifs is 1. The monoisotopic (exact) mass is 826 g/mol. The van der Waals surface area contributed by atoms with Gasteiger partial charge in [0.05, 0.1) is 28.0 Å². The van der Waals surface area contributed by atoms with Gasteiger partial charge in [-0.1, -0.05) is 158 Å². The molecule has 4 nitrogen and oxygen atoms in total.